The van der Waals surface area contributed by atoms with Crippen molar-refractivity contribution in [2.24, 2.45) is 0 Å². The maximum atomic E-state index is 11.8. The van der Waals surface area contributed by atoms with Gasteiger partial charge < -0.3 is 4.90 Å². The minimum Gasteiger partial charge on any atom is -0.325 e. The maximum absolute atomic E-state index is 11.8. The summed E-state index contributed by atoms with van der Waals surface area (Å²) in [5.41, 5.74) is 0. The highest BCUT2D eigenvalue weighted by Crippen LogP contribution is 2.12. The van der Waals surface area contributed by atoms with Gasteiger partial charge in [-0.3, -0.25) is 15.0 Å². The van der Waals surface area contributed by atoms with Crippen LogP contribution in [0.5, 0.6) is 0 Å². The molecule has 0 spiro atoms. The van der Waals surface area contributed by atoms with E-state index in [4.69, 9.17) is 0 Å². The lowest BCUT2D eigenvalue weighted by molar-refractivity contribution is -0.129. The first kappa shape index (κ1) is 12.2. The summed E-state index contributed by atoms with van der Waals surface area (Å²) < 4.78 is 0. The standard InChI is InChI=1S/C11H21N3OS/c1-9-11(15)14(10(2)12-9)4-3-13-5-7-16-8-6-13/h9-10,12H,3-8H2,1-2H3. The van der Waals surface area contributed by atoms with Gasteiger partial charge in [0.25, 0.3) is 0 Å². The van der Waals surface area contributed by atoms with Crippen LogP contribution in [0.25, 0.3) is 0 Å². The number of hydrogen-bond acceptors (Lipinski definition) is 4. The number of carbonyl (C=O) groups is 1. The van der Waals surface area contributed by atoms with Gasteiger partial charge in [0.15, 0.2) is 0 Å². The first-order chi connectivity index (χ1) is 7.68. The molecule has 0 radical (unpaired) electrons. The topological polar surface area (TPSA) is 35.6 Å². The summed E-state index contributed by atoms with van der Waals surface area (Å²) in [6.07, 6.45) is 0.196. The first-order valence-corrected chi connectivity index (χ1v) is 7.20. The Morgan fingerprint density at radius 3 is 2.56 bits per heavy atom. The third-order valence-electron chi connectivity index (χ3n) is 3.37. The molecule has 2 heterocycles. The Kier molecular flexibility index (Phi) is 4.10. The van der Waals surface area contributed by atoms with Gasteiger partial charge in [-0.05, 0) is 13.8 Å². The lowest BCUT2D eigenvalue weighted by Crippen LogP contribution is -2.43. The summed E-state index contributed by atoms with van der Waals surface area (Å²) in [6, 6.07) is -0.00749. The summed E-state index contributed by atoms with van der Waals surface area (Å²) in [4.78, 5) is 16.3. The van der Waals surface area contributed by atoms with Crippen molar-refractivity contribution in [3.63, 3.8) is 0 Å². The number of carbonyl (C=O) groups excluding carboxylic acids is 1. The summed E-state index contributed by atoms with van der Waals surface area (Å²) in [7, 11) is 0. The summed E-state index contributed by atoms with van der Waals surface area (Å²) in [5.74, 6) is 2.72. The number of rotatable bonds is 3. The molecule has 0 aromatic carbocycles. The fraction of sp³-hybridized carbons (Fsp3) is 0.909. The highest BCUT2D eigenvalue weighted by molar-refractivity contribution is 7.99. The van der Waals surface area contributed by atoms with Crippen molar-refractivity contribution in [2.45, 2.75) is 26.1 Å². The van der Waals surface area contributed by atoms with Crippen molar-refractivity contribution in [3.05, 3.63) is 0 Å². The molecule has 2 saturated heterocycles. The van der Waals surface area contributed by atoms with Gasteiger partial charge in [0, 0.05) is 37.7 Å². The second kappa shape index (κ2) is 5.38. The van der Waals surface area contributed by atoms with Crippen LogP contribution in [0.1, 0.15) is 13.8 Å². The normalized spacial score (nSPS) is 32.4. The van der Waals surface area contributed by atoms with E-state index in [1.54, 1.807) is 0 Å². The van der Waals surface area contributed by atoms with E-state index in [-0.39, 0.29) is 18.1 Å². The largest absolute Gasteiger partial charge is 0.325 e. The molecule has 2 atom stereocenters. The van der Waals surface area contributed by atoms with Gasteiger partial charge in [-0.25, -0.2) is 0 Å². The molecule has 1 N–H and O–H groups in total. The van der Waals surface area contributed by atoms with Crippen LogP contribution in [0, 0.1) is 0 Å². The molecule has 2 rings (SSSR count). The molecule has 0 aromatic rings. The zero-order chi connectivity index (χ0) is 11.5. The summed E-state index contributed by atoms with van der Waals surface area (Å²) >= 11 is 2.02. The minimum atomic E-state index is -0.00749. The Morgan fingerprint density at radius 1 is 1.31 bits per heavy atom. The highest BCUT2D eigenvalue weighted by atomic mass is 32.2. The van der Waals surface area contributed by atoms with Gasteiger partial charge in [0.05, 0.1) is 12.2 Å². The van der Waals surface area contributed by atoms with E-state index in [9.17, 15) is 4.79 Å². The quantitative estimate of drug-likeness (QED) is 0.768. The third-order valence-corrected chi connectivity index (χ3v) is 4.32. The number of thioether (sulfide) groups is 1. The van der Waals surface area contributed by atoms with Crippen molar-refractivity contribution in [3.8, 4) is 0 Å². The summed E-state index contributed by atoms with van der Waals surface area (Å²) in [5, 5.41) is 3.26. The van der Waals surface area contributed by atoms with Crippen LogP contribution in [0.3, 0.4) is 0 Å². The van der Waals surface area contributed by atoms with E-state index >= 15 is 0 Å². The third kappa shape index (κ3) is 2.70. The SMILES string of the molecule is CC1NC(C)N(CCN2CCSCC2)C1=O. The van der Waals surface area contributed by atoms with Crippen LogP contribution < -0.4 is 5.32 Å². The van der Waals surface area contributed by atoms with Crippen LogP contribution in [0.4, 0.5) is 0 Å². The van der Waals surface area contributed by atoms with Crippen LogP contribution in [-0.4, -0.2) is 65.6 Å². The van der Waals surface area contributed by atoms with Crippen molar-refractivity contribution in [1.82, 2.24) is 15.1 Å². The zero-order valence-electron chi connectivity index (χ0n) is 10.1. The van der Waals surface area contributed by atoms with Crippen molar-refractivity contribution < 1.29 is 4.79 Å². The molecular formula is C11H21N3OS. The van der Waals surface area contributed by atoms with E-state index in [0.29, 0.717) is 0 Å². The predicted octanol–water partition coefficient (Wildman–Crippen LogP) is 0.202. The fourth-order valence-corrected chi connectivity index (χ4v) is 3.32. The van der Waals surface area contributed by atoms with Crippen molar-refractivity contribution >= 4 is 17.7 Å². The van der Waals surface area contributed by atoms with Crippen molar-refractivity contribution in [2.75, 3.05) is 37.7 Å². The van der Waals surface area contributed by atoms with Gasteiger partial charge in [0.1, 0.15) is 0 Å². The van der Waals surface area contributed by atoms with Crippen LogP contribution >= 0.6 is 11.8 Å². The van der Waals surface area contributed by atoms with Crippen LogP contribution in [0.2, 0.25) is 0 Å². The Hall–Kier alpha value is -0.260. The van der Waals surface area contributed by atoms with Gasteiger partial charge in [0.2, 0.25) is 5.91 Å². The molecule has 2 aliphatic heterocycles. The van der Waals surface area contributed by atoms with Gasteiger partial charge in [-0.15, -0.1) is 0 Å². The molecule has 2 fully saturated rings. The molecule has 2 unspecified atom stereocenters. The molecule has 0 bridgehead atoms. The molecule has 5 heteroatoms. The average Bonchev–Trinajstić information content (AvgIpc) is 2.53. The lowest BCUT2D eigenvalue weighted by atomic mass is 10.3. The minimum absolute atomic E-state index is 0.00749. The zero-order valence-corrected chi connectivity index (χ0v) is 10.9. The smallest absolute Gasteiger partial charge is 0.240 e. The predicted molar refractivity (Wildman–Crippen MR) is 67.5 cm³/mol. The Balaban J connectivity index is 1.78. The molecule has 16 heavy (non-hydrogen) atoms. The van der Waals surface area contributed by atoms with E-state index in [0.717, 1.165) is 13.1 Å². The molecule has 0 aliphatic carbocycles. The van der Waals surface area contributed by atoms with E-state index < -0.39 is 0 Å². The molecular weight excluding hydrogens is 222 g/mol. The number of amides is 1. The highest BCUT2D eigenvalue weighted by Gasteiger charge is 2.33. The second-order valence-corrected chi connectivity index (χ2v) is 5.77. The molecule has 4 nitrogen and oxygen atoms in total. The van der Waals surface area contributed by atoms with Crippen LogP contribution in [0.15, 0.2) is 0 Å². The second-order valence-electron chi connectivity index (χ2n) is 4.55. The summed E-state index contributed by atoms with van der Waals surface area (Å²) in [6.45, 7) is 8.23. The first-order valence-electron chi connectivity index (χ1n) is 6.05. The Bertz CT molecular complexity index is 256. The molecule has 92 valence electrons. The molecule has 1 amide bonds. The Morgan fingerprint density at radius 2 is 2.00 bits per heavy atom. The average molecular weight is 243 g/mol. The monoisotopic (exact) mass is 243 g/mol. The van der Waals surface area contributed by atoms with Gasteiger partial charge >= 0.3 is 0 Å². The maximum Gasteiger partial charge on any atom is 0.240 e. The van der Waals surface area contributed by atoms with Gasteiger partial charge in [-0.2, -0.15) is 11.8 Å². The van der Waals surface area contributed by atoms with E-state index in [2.05, 4.69) is 17.1 Å². The molecule has 2 aliphatic rings. The Labute approximate surface area is 102 Å². The molecule has 0 saturated carbocycles. The van der Waals surface area contributed by atoms with Gasteiger partial charge in [-0.1, -0.05) is 0 Å². The van der Waals surface area contributed by atoms with E-state index in [1.165, 1.54) is 24.6 Å². The number of nitrogens with zero attached hydrogens (tertiary/aromatic N) is 2. The lowest BCUT2D eigenvalue weighted by Gasteiger charge is -2.29. The molecule has 0 aromatic heterocycles. The van der Waals surface area contributed by atoms with Crippen molar-refractivity contribution in [1.29, 1.82) is 0 Å². The van der Waals surface area contributed by atoms with E-state index in [1.807, 2.05) is 23.6 Å². The number of hydrogen-bond donors (Lipinski definition) is 1. The van der Waals surface area contributed by atoms with Crippen LogP contribution in [-0.2, 0) is 4.79 Å². The fourth-order valence-electron chi connectivity index (χ4n) is 2.34. The number of nitrogens with one attached hydrogen (secondary N) is 1.